The third kappa shape index (κ3) is 4.35. The van der Waals surface area contributed by atoms with Crippen molar-refractivity contribution in [1.82, 2.24) is 5.32 Å². The number of methoxy groups -OCH3 is 1. The van der Waals surface area contributed by atoms with Gasteiger partial charge < -0.3 is 25.2 Å². The van der Waals surface area contributed by atoms with Gasteiger partial charge in [-0.3, -0.25) is 5.21 Å². The molecule has 1 aliphatic rings. The van der Waals surface area contributed by atoms with Gasteiger partial charge >= 0.3 is 11.9 Å². The van der Waals surface area contributed by atoms with Gasteiger partial charge in [-0.05, 0) is 31.4 Å². The molecule has 28 heavy (non-hydrogen) atoms. The summed E-state index contributed by atoms with van der Waals surface area (Å²) < 4.78 is 10.3. The van der Waals surface area contributed by atoms with Crippen LogP contribution in [0.25, 0.3) is 0 Å². The van der Waals surface area contributed by atoms with Crippen LogP contribution < -0.4 is 10.5 Å². The number of nitrogens with zero attached hydrogens (tertiary/aromatic N) is 1. The van der Waals surface area contributed by atoms with Gasteiger partial charge in [0.05, 0.1) is 36.5 Å². The first-order valence-electron chi connectivity index (χ1n) is 8.88. The van der Waals surface area contributed by atoms with Crippen molar-refractivity contribution in [3.05, 3.63) is 57.6 Å². The molecule has 8 heteroatoms. The molecule has 0 saturated heterocycles. The van der Waals surface area contributed by atoms with Crippen LogP contribution in [-0.4, -0.2) is 30.9 Å². The molecule has 0 spiro atoms. The summed E-state index contributed by atoms with van der Waals surface area (Å²) in [5.41, 5.74) is 1.54. The van der Waals surface area contributed by atoms with Gasteiger partial charge in [-0.1, -0.05) is 32.0 Å². The number of hydrogen-bond acceptors (Lipinski definition) is 8. The van der Waals surface area contributed by atoms with Crippen LogP contribution in [0, 0.1) is 11.1 Å². The minimum atomic E-state index is -0.937. The Balaban J connectivity index is 2.67. The summed E-state index contributed by atoms with van der Waals surface area (Å²) in [5.74, 6) is -2.07. The van der Waals surface area contributed by atoms with Crippen LogP contribution in [-0.2, 0) is 19.1 Å². The number of carbonyl (C=O) groups excluding carboxylic acids is 2. The number of benzene rings is 1. The molecule has 152 valence electrons. The number of anilines is 1. The molecule has 8 nitrogen and oxygen atoms in total. The average Bonchev–Trinajstić information content (AvgIpc) is 2.64. The molecule has 2 N–H and O–H groups in total. The van der Waals surface area contributed by atoms with Crippen molar-refractivity contribution < 1.29 is 24.3 Å². The Morgan fingerprint density at radius 3 is 2.29 bits per heavy atom. The van der Waals surface area contributed by atoms with Crippen LogP contribution in [0.2, 0.25) is 0 Å². The fraction of sp³-hybridized carbons (Fsp3) is 0.400. The molecule has 0 bridgehead atoms. The number of nitrogens with one attached hydrogen (secondary N) is 1. The predicted octanol–water partition coefficient (Wildman–Crippen LogP) is 2.99. The van der Waals surface area contributed by atoms with E-state index < -0.39 is 17.9 Å². The van der Waals surface area contributed by atoms with Crippen LogP contribution >= 0.6 is 0 Å². The van der Waals surface area contributed by atoms with E-state index in [2.05, 4.69) is 5.32 Å². The van der Waals surface area contributed by atoms with Crippen LogP contribution in [0.3, 0.4) is 0 Å². The molecule has 1 aromatic carbocycles. The van der Waals surface area contributed by atoms with Gasteiger partial charge in [-0.25, -0.2) is 9.59 Å². The standard InChI is InChI=1S/C20H25N2O6/c1-11(2)10-28-20(24)17-13(4)21-12(3)16(19(23)27-5)18(17)14-8-6-7-9-15(14)22(25)26/h6-9,11,18,21,25H,10H2,1-5H3/q-1. The van der Waals surface area contributed by atoms with E-state index in [0.717, 1.165) is 0 Å². The summed E-state index contributed by atoms with van der Waals surface area (Å²) in [4.78, 5) is 25.4. The maximum Gasteiger partial charge on any atom is 0.336 e. The van der Waals surface area contributed by atoms with Crippen LogP contribution in [0.4, 0.5) is 5.69 Å². The second kappa shape index (κ2) is 8.90. The quantitative estimate of drug-likeness (QED) is 0.564. The Morgan fingerprint density at radius 2 is 1.75 bits per heavy atom. The lowest BCUT2D eigenvalue weighted by Gasteiger charge is -2.33. The summed E-state index contributed by atoms with van der Waals surface area (Å²) in [6, 6.07) is 6.20. The zero-order valence-electron chi connectivity index (χ0n) is 16.6. The number of para-hydroxylation sites is 1. The molecule has 1 aliphatic heterocycles. The van der Waals surface area contributed by atoms with E-state index in [9.17, 15) is 20.0 Å². The van der Waals surface area contributed by atoms with Gasteiger partial charge in [0.1, 0.15) is 0 Å². The highest BCUT2D eigenvalue weighted by molar-refractivity contribution is 6.00. The Kier molecular flexibility index (Phi) is 6.82. The third-order valence-corrected chi connectivity index (χ3v) is 4.39. The van der Waals surface area contributed by atoms with E-state index in [1.807, 2.05) is 13.8 Å². The largest absolute Gasteiger partial charge is 0.733 e. The number of dihydropyridines is 1. The fourth-order valence-corrected chi connectivity index (χ4v) is 3.18. The Bertz CT molecular complexity index is 826. The number of ether oxygens (including phenoxy) is 2. The molecule has 1 unspecified atom stereocenters. The van der Waals surface area contributed by atoms with Gasteiger partial charge in [-0.2, -0.15) is 0 Å². The Labute approximate surface area is 164 Å². The van der Waals surface area contributed by atoms with E-state index in [4.69, 9.17) is 9.47 Å². The second-order valence-electron chi connectivity index (χ2n) is 6.95. The number of carbonyl (C=O) groups is 2. The lowest BCUT2D eigenvalue weighted by atomic mass is 9.79. The van der Waals surface area contributed by atoms with Crippen molar-refractivity contribution >= 4 is 17.6 Å². The van der Waals surface area contributed by atoms with Crippen molar-refractivity contribution in [3.8, 4) is 0 Å². The van der Waals surface area contributed by atoms with Gasteiger partial charge in [0.2, 0.25) is 0 Å². The molecule has 1 aromatic rings. The molecule has 0 aliphatic carbocycles. The highest BCUT2D eigenvalue weighted by Crippen LogP contribution is 2.42. The van der Waals surface area contributed by atoms with E-state index in [-0.39, 0.29) is 40.1 Å². The smallest absolute Gasteiger partial charge is 0.336 e. The molecular formula is C20H25N2O6-. The van der Waals surface area contributed by atoms with Gasteiger partial charge in [0, 0.05) is 11.4 Å². The normalized spacial score (nSPS) is 16.8. The summed E-state index contributed by atoms with van der Waals surface area (Å²) in [6.45, 7) is 7.38. The Hall–Kier alpha value is -2.84. The van der Waals surface area contributed by atoms with Crippen molar-refractivity contribution in [1.29, 1.82) is 0 Å². The number of hydrogen-bond donors (Lipinski definition) is 2. The predicted molar refractivity (Wildman–Crippen MR) is 103 cm³/mol. The average molecular weight is 389 g/mol. The Morgan fingerprint density at radius 1 is 1.18 bits per heavy atom. The first kappa shape index (κ1) is 21.5. The summed E-state index contributed by atoms with van der Waals surface area (Å²) >= 11 is 0. The van der Waals surface area contributed by atoms with Crippen molar-refractivity contribution in [2.24, 2.45) is 5.92 Å². The van der Waals surface area contributed by atoms with E-state index in [1.54, 1.807) is 32.0 Å². The summed E-state index contributed by atoms with van der Waals surface area (Å²) in [7, 11) is 1.24. The zero-order chi connectivity index (χ0) is 21.0. The number of allylic oxidation sites excluding steroid dienone is 2. The van der Waals surface area contributed by atoms with Crippen molar-refractivity contribution in [2.45, 2.75) is 33.6 Å². The lowest BCUT2D eigenvalue weighted by molar-refractivity contribution is -0.140. The van der Waals surface area contributed by atoms with Crippen molar-refractivity contribution in [2.75, 3.05) is 18.9 Å². The van der Waals surface area contributed by atoms with Crippen molar-refractivity contribution in [3.63, 3.8) is 0 Å². The van der Waals surface area contributed by atoms with Crippen LogP contribution in [0.1, 0.15) is 39.2 Å². The molecule has 0 saturated carbocycles. The van der Waals surface area contributed by atoms with Gasteiger partial charge in [0.25, 0.3) is 0 Å². The fourth-order valence-electron chi connectivity index (χ4n) is 3.18. The maximum absolute atomic E-state index is 12.9. The first-order valence-corrected chi connectivity index (χ1v) is 8.88. The summed E-state index contributed by atoms with van der Waals surface area (Å²) in [6.07, 6.45) is 0. The topological polar surface area (TPSA) is 111 Å². The minimum Gasteiger partial charge on any atom is -0.733 e. The van der Waals surface area contributed by atoms with E-state index in [0.29, 0.717) is 11.4 Å². The van der Waals surface area contributed by atoms with Gasteiger partial charge in [-0.15, -0.1) is 0 Å². The van der Waals surface area contributed by atoms with Gasteiger partial charge in [0.15, 0.2) is 0 Å². The van der Waals surface area contributed by atoms with Crippen LogP contribution in [0.15, 0.2) is 46.8 Å². The van der Waals surface area contributed by atoms with Crippen LogP contribution in [0.5, 0.6) is 0 Å². The van der Waals surface area contributed by atoms with E-state index >= 15 is 0 Å². The second-order valence-corrected chi connectivity index (χ2v) is 6.95. The number of esters is 2. The summed E-state index contributed by atoms with van der Waals surface area (Å²) in [5, 5.41) is 24.0. The molecule has 2 rings (SSSR count). The molecule has 0 radical (unpaired) electrons. The molecule has 0 aromatic heterocycles. The highest BCUT2D eigenvalue weighted by atomic mass is 16.8. The first-order chi connectivity index (χ1) is 13.2. The maximum atomic E-state index is 12.9. The SMILES string of the molecule is COC(=O)C1=C(C)NC(C)=C(C(=O)OCC(C)C)C1c1ccccc1N([O-])O. The highest BCUT2D eigenvalue weighted by Gasteiger charge is 2.39. The zero-order valence-corrected chi connectivity index (χ0v) is 16.6. The monoisotopic (exact) mass is 389 g/mol. The minimum absolute atomic E-state index is 0.0782. The van der Waals surface area contributed by atoms with E-state index in [1.165, 1.54) is 13.2 Å². The number of rotatable bonds is 6. The molecule has 0 fully saturated rings. The molecule has 1 heterocycles. The lowest BCUT2D eigenvalue weighted by Crippen LogP contribution is -2.33. The molecular weight excluding hydrogens is 364 g/mol. The molecule has 1 atom stereocenters. The third-order valence-electron chi connectivity index (χ3n) is 4.39. The molecule has 0 amide bonds.